The summed E-state index contributed by atoms with van der Waals surface area (Å²) >= 11 is 0. The van der Waals surface area contributed by atoms with Gasteiger partial charge in [0.15, 0.2) is 0 Å². The largest absolute Gasteiger partial charge is 0.382 e. The molecule has 12 heterocycles. The summed E-state index contributed by atoms with van der Waals surface area (Å²) in [5.41, 5.74) is 29.9. The number of fused-ring (bicyclic) bond motifs is 3. The van der Waals surface area contributed by atoms with E-state index in [2.05, 4.69) is 75.8 Å². The fourth-order valence-electron chi connectivity index (χ4n) is 12.0. The maximum Gasteiger partial charge on any atom is 0.150 e. The highest BCUT2D eigenvalue weighted by atomic mass is 19.1. The smallest absolute Gasteiger partial charge is 0.150 e. The van der Waals surface area contributed by atoms with Crippen molar-refractivity contribution in [3.63, 3.8) is 0 Å². The molecule has 3 atom stereocenters. The zero-order valence-electron chi connectivity index (χ0n) is 55.9. The Morgan fingerprint density at radius 1 is 0.314 bits per heavy atom. The van der Waals surface area contributed by atoms with Gasteiger partial charge in [0, 0.05) is 86.7 Å². The van der Waals surface area contributed by atoms with E-state index < -0.39 is 18.1 Å². The first kappa shape index (κ1) is 68.6. The number of aromatic nitrogens is 15. The monoisotopic (exact) mass is 1390 g/mol. The topological polar surface area (TPSA) is 379 Å². The van der Waals surface area contributed by atoms with E-state index in [0.717, 1.165) is 0 Å². The van der Waals surface area contributed by atoms with E-state index in [0.29, 0.717) is 135 Å². The van der Waals surface area contributed by atoms with Gasteiger partial charge in [-0.15, -0.1) is 0 Å². The van der Waals surface area contributed by atoms with Crippen LogP contribution in [0.25, 0.3) is 100 Å². The second-order valence-electron chi connectivity index (χ2n) is 23.4. The Morgan fingerprint density at radius 3 is 0.771 bits per heavy atom. The second-order valence-corrected chi connectivity index (χ2v) is 23.4. The second kappa shape index (κ2) is 30.7. The zero-order valence-corrected chi connectivity index (χ0v) is 55.9. The summed E-state index contributed by atoms with van der Waals surface area (Å²) in [6, 6.07) is 51.6. The van der Waals surface area contributed by atoms with E-state index in [9.17, 15) is 29.0 Å². The van der Waals surface area contributed by atoms with Gasteiger partial charge >= 0.3 is 0 Å². The minimum atomic E-state index is -0.440. The van der Waals surface area contributed by atoms with Gasteiger partial charge < -0.3 is 33.2 Å². The molecule has 15 rings (SSSR count). The third-order valence-electron chi connectivity index (χ3n) is 16.7. The van der Waals surface area contributed by atoms with Crippen LogP contribution >= 0.6 is 0 Å². The number of nitrogens with zero attached hydrogens (tertiary/aromatic N) is 18. The number of hydrogen-bond acceptors (Lipinski definition) is 24. The van der Waals surface area contributed by atoms with Crippen LogP contribution in [0.2, 0.25) is 0 Å². The minimum Gasteiger partial charge on any atom is -0.382 e. The number of nitrogen functional groups attached to an aromatic ring is 3. The molecule has 0 radical (unpaired) electrons. The number of anilines is 6. The SMILES string of the molecule is CC(Nc1ncnc(N)c1C#N)c1nc2ccc(F)cc2c(-c2ccccn2)c1-c1ccccn1.C[C@@H](Nc1ncnc(N)c1C#N)c1nc2ccc(F)cc2c(-c2ccccn2)c1-c1ccccn1.C[C@H](Nc1ncnc(N)c1C#N)c1nc2ccc(F)cc2c(-c2ccccn2)c1-c1ccccn1. The average molecular weight is 1390 g/mol. The van der Waals surface area contributed by atoms with Crippen LogP contribution in [0.4, 0.5) is 48.1 Å². The molecule has 12 aromatic heterocycles. The first-order valence-corrected chi connectivity index (χ1v) is 32.4. The Labute approximate surface area is 597 Å². The predicted molar refractivity (Wildman–Crippen MR) is 394 cm³/mol. The quantitative estimate of drug-likeness (QED) is 0.0555. The fraction of sp³-hybridized carbons (Fsp3) is 0.0769. The molecular weight excluding hydrogens is 1330 g/mol. The summed E-state index contributed by atoms with van der Waals surface area (Å²) in [7, 11) is 0. The molecule has 510 valence electrons. The number of rotatable bonds is 15. The van der Waals surface area contributed by atoms with Crippen LogP contribution in [-0.2, 0) is 0 Å². The maximum absolute atomic E-state index is 14.4. The highest BCUT2D eigenvalue weighted by Gasteiger charge is 2.29. The molecule has 27 heteroatoms. The van der Waals surface area contributed by atoms with Crippen molar-refractivity contribution in [1.29, 1.82) is 15.8 Å². The van der Waals surface area contributed by atoms with Crippen molar-refractivity contribution in [2.45, 2.75) is 38.9 Å². The molecule has 1 unspecified atom stereocenters. The number of halogens is 3. The third kappa shape index (κ3) is 14.5. The zero-order chi connectivity index (χ0) is 73.1. The van der Waals surface area contributed by atoms with Crippen molar-refractivity contribution in [2.75, 3.05) is 33.2 Å². The molecule has 0 aliphatic carbocycles. The molecule has 15 aromatic rings. The molecule has 0 fully saturated rings. The van der Waals surface area contributed by atoms with Gasteiger partial charge in [-0.3, -0.25) is 29.9 Å². The molecule has 0 bridgehead atoms. The molecule has 9 N–H and O–H groups in total. The van der Waals surface area contributed by atoms with Crippen LogP contribution < -0.4 is 33.2 Å². The summed E-state index contributed by atoms with van der Waals surface area (Å²) in [4.78, 5) is 66.4. The Bertz CT molecular complexity index is 5270. The molecule has 0 amide bonds. The van der Waals surface area contributed by atoms with Crippen molar-refractivity contribution < 1.29 is 13.2 Å². The first-order chi connectivity index (χ1) is 51.2. The molecular formula is C78H57F3N24. The van der Waals surface area contributed by atoms with Crippen molar-refractivity contribution in [1.82, 2.24) is 74.8 Å². The van der Waals surface area contributed by atoms with Gasteiger partial charge in [0.1, 0.15) is 106 Å². The van der Waals surface area contributed by atoms with E-state index in [1.807, 2.05) is 148 Å². The van der Waals surface area contributed by atoms with Gasteiger partial charge in [0.25, 0.3) is 0 Å². The van der Waals surface area contributed by atoms with Gasteiger partial charge in [-0.05, 0) is 148 Å². The van der Waals surface area contributed by atoms with Crippen LogP contribution in [0, 0.1) is 51.4 Å². The van der Waals surface area contributed by atoms with Gasteiger partial charge in [-0.2, -0.15) is 15.8 Å². The molecule has 105 heavy (non-hydrogen) atoms. The number of nitriles is 3. The summed E-state index contributed by atoms with van der Waals surface area (Å²) in [5.74, 6) is -0.0121. The van der Waals surface area contributed by atoms with Gasteiger partial charge in [-0.25, -0.2) is 58.0 Å². The van der Waals surface area contributed by atoms with Crippen molar-refractivity contribution in [3.8, 4) is 85.8 Å². The van der Waals surface area contributed by atoms with Gasteiger partial charge in [-0.1, -0.05) is 36.4 Å². The summed E-state index contributed by atoms with van der Waals surface area (Å²) in [6.45, 7) is 5.68. The summed E-state index contributed by atoms with van der Waals surface area (Å²) in [5, 5.41) is 40.2. The van der Waals surface area contributed by atoms with Crippen LogP contribution in [0.3, 0.4) is 0 Å². The standard InChI is InChI=1S/3C26H19FN8/c3*1-15(34-26-18(13-28)25(29)32-14-33-26)24-23(21-7-3-5-11-31-21)22(20-6-2-4-10-30-20)17-12-16(27)8-9-19(17)35-24/h3*2-12,14-15H,1H3,(H3,29,32,33,34)/t2*15-;/m10./s1. The normalized spacial score (nSPS) is 11.7. The number of hydrogen-bond donors (Lipinski definition) is 6. The Balaban J connectivity index is 0.000000140. The van der Waals surface area contributed by atoms with E-state index in [4.69, 9.17) is 32.2 Å². The molecule has 0 saturated heterocycles. The van der Waals surface area contributed by atoms with Gasteiger partial charge in [0.2, 0.25) is 0 Å². The molecule has 0 spiro atoms. The van der Waals surface area contributed by atoms with Crippen LogP contribution in [0.5, 0.6) is 0 Å². The van der Waals surface area contributed by atoms with Crippen molar-refractivity contribution in [2.24, 2.45) is 0 Å². The highest BCUT2D eigenvalue weighted by molar-refractivity contribution is 6.05. The van der Waals surface area contributed by atoms with Crippen LogP contribution in [0.1, 0.15) is 72.7 Å². The number of pyridine rings is 9. The van der Waals surface area contributed by atoms with E-state index in [-0.39, 0.29) is 51.6 Å². The molecule has 3 aromatic carbocycles. The van der Waals surface area contributed by atoms with E-state index in [1.165, 1.54) is 55.4 Å². The summed E-state index contributed by atoms with van der Waals surface area (Å²) in [6.07, 6.45) is 14.0. The summed E-state index contributed by atoms with van der Waals surface area (Å²) < 4.78 is 43.2. The maximum atomic E-state index is 14.4. The number of benzene rings is 3. The lowest BCUT2D eigenvalue weighted by Gasteiger charge is -2.22. The Hall–Kier alpha value is -14.9. The molecule has 0 aliphatic heterocycles. The lowest BCUT2D eigenvalue weighted by Crippen LogP contribution is -2.14. The highest BCUT2D eigenvalue weighted by Crippen LogP contribution is 2.45. The predicted octanol–water partition coefficient (Wildman–Crippen LogP) is 14.7. The Morgan fingerprint density at radius 2 is 0.552 bits per heavy atom. The molecule has 0 aliphatic rings. The van der Waals surface area contributed by atoms with Crippen LogP contribution in [-0.4, -0.2) is 74.8 Å². The number of nitrogens with one attached hydrogen (secondary N) is 3. The lowest BCUT2D eigenvalue weighted by atomic mass is 9.92. The van der Waals surface area contributed by atoms with E-state index in [1.54, 1.807) is 55.4 Å². The lowest BCUT2D eigenvalue weighted by molar-refractivity contribution is 0.629. The first-order valence-electron chi connectivity index (χ1n) is 32.4. The molecule has 0 saturated carbocycles. The third-order valence-corrected chi connectivity index (χ3v) is 16.7. The van der Waals surface area contributed by atoms with Crippen molar-refractivity contribution >= 4 is 67.6 Å². The number of nitrogens with two attached hydrogens (primary N) is 3. The Kier molecular flexibility index (Phi) is 20.1. The average Bonchev–Trinajstić information content (AvgIpc) is 0.760. The van der Waals surface area contributed by atoms with Crippen LogP contribution in [0.15, 0.2) is 220 Å². The minimum absolute atomic E-state index is 0.0817. The molecule has 24 nitrogen and oxygen atoms in total. The van der Waals surface area contributed by atoms with Gasteiger partial charge in [0.05, 0.1) is 85.9 Å². The van der Waals surface area contributed by atoms with Crippen molar-refractivity contribution in [3.05, 3.63) is 271 Å². The fourth-order valence-corrected chi connectivity index (χ4v) is 12.0. The van der Waals surface area contributed by atoms with E-state index >= 15 is 0 Å².